The number of carbonyl (C=O) groups excluding carboxylic acids is 1. The first-order chi connectivity index (χ1) is 22.7. The standard InChI is InChI=1S/C39H43F3N4O/c1-2-27-14-15-32-34(24-27)43-36(28-10-9-13-30(25-28)39(40,41)42)33(26-45-22-16-31(17-23-45)46-20-7-4-8-21-46)35(32)37(47)44-38(18-19-38)29-11-5-3-6-12-29/h3,5-6,9-15,24-25,31H,2,4,7-8,16-23,26H2,1H3,(H,44,47). The Morgan fingerprint density at radius 1 is 0.915 bits per heavy atom. The maximum Gasteiger partial charge on any atom is 0.416 e. The van der Waals surface area contributed by atoms with Crippen LogP contribution < -0.4 is 5.32 Å². The van der Waals surface area contributed by atoms with Gasteiger partial charge in [0.1, 0.15) is 0 Å². The number of aryl methyl sites for hydroxylation is 1. The van der Waals surface area contributed by atoms with Crippen LogP contribution in [0.3, 0.4) is 0 Å². The van der Waals surface area contributed by atoms with Gasteiger partial charge in [0.25, 0.3) is 5.91 Å². The van der Waals surface area contributed by atoms with Crippen molar-refractivity contribution in [3.8, 4) is 11.3 Å². The van der Waals surface area contributed by atoms with Crippen molar-refractivity contribution >= 4 is 16.8 Å². The predicted octanol–water partition coefficient (Wildman–Crippen LogP) is 8.35. The number of pyridine rings is 1. The zero-order valence-electron chi connectivity index (χ0n) is 27.1. The number of aromatic nitrogens is 1. The summed E-state index contributed by atoms with van der Waals surface area (Å²) in [7, 11) is 0. The Balaban J connectivity index is 1.32. The molecule has 1 aliphatic carbocycles. The Morgan fingerprint density at radius 3 is 2.34 bits per heavy atom. The third kappa shape index (κ3) is 6.68. The molecule has 246 valence electrons. The molecule has 8 heteroatoms. The molecule has 3 aromatic carbocycles. The van der Waals surface area contributed by atoms with Gasteiger partial charge in [-0.3, -0.25) is 9.69 Å². The van der Waals surface area contributed by atoms with Gasteiger partial charge < -0.3 is 10.2 Å². The molecule has 0 unspecified atom stereocenters. The number of hydrogen-bond donors (Lipinski definition) is 1. The van der Waals surface area contributed by atoms with Crippen molar-refractivity contribution < 1.29 is 18.0 Å². The number of carbonyl (C=O) groups is 1. The second-order valence-electron chi connectivity index (χ2n) is 13.6. The molecule has 3 heterocycles. The summed E-state index contributed by atoms with van der Waals surface area (Å²) in [6.07, 6.45) is 3.86. The molecule has 3 fully saturated rings. The van der Waals surface area contributed by atoms with E-state index in [1.165, 1.54) is 31.4 Å². The van der Waals surface area contributed by atoms with Gasteiger partial charge in [-0.1, -0.05) is 67.9 Å². The number of halogens is 3. The number of fused-ring (bicyclic) bond motifs is 1. The van der Waals surface area contributed by atoms with E-state index >= 15 is 0 Å². The van der Waals surface area contributed by atoms with Crippen molar-refractivity contribution in [1.82, 2.24) is 20.1 Å². The number of alkyl halides is 3. The van der Waals surface area contributed by atoms with E-state index in [-0.39, 0.29) is 5.91 Å². The number of nitrogens with zero attached hydrogens (tertiary/aromatic N) is 3. The predicted molar refractivity (Wildman–Crippen MR) is 180 cm³/mol. The lowest BCUT2D eigenvalue weighted by molar-refractivity contribution is -0.137. The van der Waals surface area contributed by atoms with E-state index < -0.39 is 17.3 Å². The molecule has 0 spiro atoms. The molecule has 3 aliphatic rings. The number of nitrogens with one attached hydrogen (secondary N) is 1. The summed E-state index contributed by atoms with van der Waals surface area (Å²) >= 11 is 0. The van der Waals surface area contributed by atoms with E-state index in [1.807, 2.05) is 48.5 Å². The molecule has 1 N–H and O–H groups in total. The topological polar surface area (TPSA) is 48.5 Å². The van der Waals surface area contributed by atoms with Gasteiger partial charge in [0.15, 0.2) is 0 Å². The van der Waals surface area contributed by atoms with E-state index in [0.29, 0.717) is 40.5 Å². The van der Waals surface area contributed by atoms with Crippen LogP contribution in [0.1, 0.15) is 84.5 Å². The first-order valence-corrected chi connectivity index (χ1v) is 17.2. The first-order valence-electron chi connectivity index (χ1n) is 17.2. The molecule has 5 nitrogen and oxygen atoms in total. The lowest BCUT2D eigenvalue weighted by Gasteiger charge is -2.40. The number of piperidine rings is 2. The van der Waals surface area contributed by atoms with Gasteiger partial charge in [-0.25, -0.2) is 4.98 Å². The quantitative estimate of drug-likeness (QED) is 0.210. The largest absolute Gasteiger partial charge is 0.416 e. The average molecular weight is 641 g/mol. The first kappa shape index (κ1) is 31.8. The Hall–Kier alpha value is -3.75. The molecule has 1 amide bonds. The molecule has 1 saturated carbocycles. The second kappa shape index (κ2) is 13.0. The van der Waals surface area contributed by atoms with E-state index in [9.17, 15) is 18.0 Å². The van der Waals surface area contributed by atoms with Crippen molar-refractivity contribution in [2.24, 2.45) is 0 Å². The second-order valence-corrected chi connectivity index (χ2v) is 13.6. The SMILES string of the molecule is CCc1ccc2c(C(=O)NC3(c4ccccc4)CC3)c(CN3CCC(N4CCCCC4)CC3)c(-c3cccc(C(F)(F)F)c3)nc2c1. The summed E-state index contributed by atoms with van der Waals surface area (Å²) in [5, 5.41) is 4.12. The van der Waals surface area contributed by atoms with Crippen LogP contribution in [0.15, 0.2) is 72.8 Å². The van der Waals surface area contributed by atoms with E-state index in [4.69, 9.17) is 4.98 Å². The third-order valence-corrected chi connectivity index (χ3v) is 10.5. The fraction of sp³-hybridized carbons (Fsp3) is 0.436. The van der Waals surface area contributed by atoms with Crippen molar-refractivity contribution in [2.45, 2.75) is 82.6 Å². The average Bonchev–Trinajstić information content (AvgIpc) is 3.89. The summed E-state index contributed by atoms with van der Waals surface area (Å²) in [5.74, 6) is -0.200. The highest BCUT2D eigenvalue weighted by Crippen LogP contribution is 2.46. The number of likely N-dealkylation sites (tertiary alicyclic amines) is 2. The minimum atomic E-state index is -4.49. The molecular weight excluding hydrogens is 597 g/mol. The van der Waals surface area contributed by atoms with Gasteiger partial charge in [0, 0.05) is 29.1 Å². The molecule has 7 rings (SSSR count). The minimum absolute atomic E-state index is 0.200. The van der Waals surface area contributed by atoms with Crippen LogP contribution in [0.4, 0.5) is 13.2 Å². The zero-order chi connectivity index (χ0) is 32.6. The van der Waals surface area contributed by atoms with Crippen molar-refractivity contribution in [2.75, 3.05) is 26.2 Å². The number of benzene rings is 3. The Kier molecular flexibility index (Phi) is 8.83. The van der Waals surface area contributed by atoms with Crippen LogP contribution in [0.2, 0.25) is 0 Å². The van der Waals surface area contributed by atoms with E-state index in [2.05, 4.69) is 22.0 Å². The van der Waals surface area contributed by atoms with Gasteiger partial charge in [0.2, 0.25) is 0 Å². The fourth-order valence-electron chi connectivity index (χ4n) is 7.66. The van der Waals surface area contributed by atoms with Crippen LogP contribution >= 0.6 is 0 Å². The molecule has 2 saturated heterocycles. The highest BCUT2D eigenvalue weighted by atomic mass is 19.4. The van der Waals surface area contributed by atoms with Gasteiger partial charge in [0.05, 0.1) is 27.9 Å². The van der Waals surface area contributed by atoms with Gasteiger partial charge >= 0.3 is 6.18 Å². The number of rotatable bonds is 8. The smallest absolute Gasteiger partial charge is 0.342 e. The van der Waals surface area contributed by atoms with Crippen molar-refractivity contribution in [3.63, 3.8) is 0 Å². The summed E-state index contributed by atoms with van der Waals surface area (Å²) in [4.78, 5) is 24.7. The molecular formula is C39H43F3N4O. The van der Waals surface area contributed by atoms with Gasteiger partial charge in [-0.2, -0.15) is 13.2 Å². The normalized spacial score (nSPS) is 19.1. The van der Waals surface area contributed by atoms with Crippen LogP contribution in [-0.4, -0.2) is 52.9 Å². The van der Waals surface area contributed by atoms with Crippen LogP contribution in [0, 0.1) is 0 Å². The van der Waals surface area contributed by atoms with Crippen molar-refractivity contribution in [1.29, 1.82) is 0 Å². The zero-order valence-corrected chi connectivity index (χ0v) is 27.1. The van der Waals surface area contributed by atoms with Crippen LogP contribution in [0.5, 0.6) is 0 Å². The highest BCUT2D eigenvalue weighted by Gasteiger charge is 2.46. The monoisotopic (exact) mass is 640 g/mol. The Morgan fingerprint density at radius 2 is 1.66 bits per heavy atom. The molecule has 2 aliphatic heterocycles. The fourth-order valence-corrected chi connectivity index (χ4v) is 7.66. The van der Waals surface area contributed by atoms with Gasteiger partial charge in [-0.05, 0) is 100 Å². The molecule has 0 atom stereocenters. The molecule has 0 radical (unpaired) electrons. The number of amides is 1. The number of hydrogen-bond acceptors (Lipinski definition) is 4. The summed E-state index contributed by atoms with van der Waals surface area (Å²) in [5.41, 5.74) is 3.62. The van der Waals surface area contributed by atoms with Crippen LogP contribution in [0.25, 0.3) is 22.2 Å². The Labute approximate surface area is 275 Å². The molecule has 4 aromatic rings. The van der Waals surface area contributed by atoms with E-state index in [1.54, 1.807) is 6.07 Å². The highest BCUT2D eigenvalue weighted by molar-refractivity contribution is 6.09. The lowest BCUT2D eigenvalue weighted by Crippen LogP contribution is -2.46. The maximum atomic E-state index is 14.6. The molecule has 1 aromatic heterocycles. The molecule has 47 heavy (non-hydrogen) atoms. The summed E-state index contributed by atoms with van der Waals surface area (Å²) in [6, 6.07) is 22.0. The van der Waals surface area contributed by atoms with Crippen molar-refractivity contribution in [3.05, 3.63) is 101 Å². The third-order valence-electron chi connectivity index (χ3n) is 10.5. The molecule has 0 bridgehead atoms. The summed E-state index contributed by atoms with van der Waals surface area (Å²) in [6.45, 7) is 6.55. The van der Waals surface area contributed by atoms with Crippen LogP contribution in [-0.2, 0) is 24.7 Å². The minimum Gasteiger partial charge on any atom is -0.342 e. The Bertz CT molecular complexity index is 1740. The van der Waals surface area contributed by atoms with E-state index in [0.717, 1.165) is 80.9 Å². The lowest BCUT2D eigenvalue weighted by atomic mass is 9.92. The summed E-state index contributed by atoms with van der Waals surface area (Å²) < 4.78 is 41.9. The maximum absolute atomic E-state index is 14.6. The van der Waals surface area contributed by atoms with Gasteiger partial charge in [-0.15, -0.1) is 0 Å².